The minimum atomic E-state index is -0.605. The highest BCUT2D eigenvalue weighted by Crippen LogP contribution is 2.37. The first kappa shape index (κ1) is 17.8. The number of anilines is 1. The van der Waals surface area contributed by atoms with E-state index in [1.807, 2.05) is 37.3 Å². The fourth-order valence-corrected chi connectivity index (χ4v) is 3.80. The maximum Gasteiger partial charge on any atom is 0.156 e. The van der Waals surface area contributed by atoms with Crippen molar-refractivity contribution in [1.29, 1.82) is 0 Å². The number of hydrogen-bond acceptors (Lipinski definition) is 5. The summed E-state index contributed by atoms with van der Waals surface area (Å²) in [6.45, 7) is 1.84. The smallest absolute Gasteiger partial charge is 0.156 e. The molecule has 4 rings (SSSR count). The van der Waals surface area contributed by atoms with Gasteiger partial charge in [0.2, 0.25) is 0 Å². The Hall–Kier alpha value is -2.62. The van der Waals surface area contributed by atoms with E-state index in [9.17, 15) is 10.2 Å². The number of phenols is 1. The van der Waals surface area contributed by atoms with Gasteiger partial charge in [0.25, 0.3) is 0 Å². The van der Waals surface area contributed by atoms with Gasteiger partial charge in [-0.25, -0.2) is 0 Å². The summed E-state index contributed by atoms with van der Waals surface area (Å²) in [5, 5.41) is 34.3. The molecule has 0 aliphatic heterocycles. The maximum atomic E-state index is 10.5. The molecule has 0 unspecified atom stereocenters. The van der Waals surface area contributed by atoms with Gasteiger partial charge in [-0.1, -0.05) is 30.2 Å². The number of nitrogens with zero attached hydrogens (tertiary/aromatic N) is 2. The lowest BCUT2D eigenvalue weighted by Crippen LogP contribution is -2.48. The lowest BCUT2D eigenvalue weighted by Gasteiger charge is -2.41. The molecule has 1 saturated carbocycles. The molecule has 0 spiro atoms. The number of benzene rings is 2. The van der Waals surface area contributed by atoms with Gasteiger partial charge in [0, 0.05) is 43.9 Å². The summed E-state index contributed by atoms with van der Waals surface area (Å²) in [5.74, 6) is 3.65. The Labute approximate surface area is 165 Å². The van der Waals surface area contributed by atoms with Gasteiger partial charge in [-0.2, -0.15) is 0 Å². The van der Waals surface area contributed by atoms with Crippen LogP contribution in [0, 0.1) is 10.8 Å². The average molecular weight is 424 g/mol. The van der Waals surface area contributed by atoms with E-state index in [-0.39, 0.29) is 11.8 Å². The van der Waals surface area contributed by atoms with Gasteiger partial charge in [-0.05, 0) is 42.8 Å². The Morgan fingerprint density at radius 3 is 2.56 bits per heavy atom. The van der Waals surface area contributed by atoms with E-state index in [0.717, 1.165) is 10.8 Å². The fourth-order valence-electron chi connectivity index (χ4n) is 3.57. The zero-order valence-electron chi connectivity index (χ0n) is 14.7. The van der Waals surface area contributed by atoms with E-state index in [1.165, 1.54) is 0 Å². The van der Waals surface area contributed by atoms with Gasteiger partial charge in [0.1, 0.15) is 11.4 Å². The van der Waals surface area contributed by atoms with Crippen LogP contribution >= 0.6 is 15.9 Å². The number of rotatable bonds is 3. The Balaban J connectivity index is 1.75. The minimum absolute atomic E-state index is 0.109. The van der Waals surface area contributed by atoms with Crippen LogP contribution in [0.15, 0.2) is 42.5 Å². The first-order chi connectivity index (χ1) is 13.0. The predicted octanol–water partition coefficient (Wildman–Crippen LogP) is 4.03. The number of aromatic hydroxyl groups is 1. The van der Waals surface area contributed by atoms with Crippen LogP contribution < -0.4 is 5.32 Å². The van der Waals surface area contributed by atoms with Gasteiger partial charge in [0.05, 0.1) is 5.60 Å². The number of phenolic OH excluding ortho intramolecular Hbond substituents is 1. The molecule has 1 aromatic heterocycles. The van der Waals surface area contributed by atoms with E-state index < -0.39 is 5.60 Å². The van der Waals surface area contributed by atoms with Gasteiger partial charge in [0.15, 0.2) is 5.82 Å². The van der Waals surface area contributed by atoms with Crippen LogP contribution in [0.2, 0.25) is 0 Å². The number of aliphatic hydroxyl groups is 1. The molecule has 3 aromatic rings. The number of nitrogens with one attached hydrogen (secondary N) is 1. The van der Waals surface area contributed by atoms with Crippen LogP contribution in [0.1, 0.15) is 25.3 Å². The van der Waals surface area contributed by atoms with Crippen molar-refractivity contribution in [3.05, 3.63) is 48.0 Å². The monoisotopic (exact) mass is 423 g/mol. The maximum absolute atomic E-state index is 10.5. The van der Waals surface area contributed by atoms with Crippen molar-refractivity contribution in [2.24, 2.45) is 0 Å². The van der Waals surface area contributed by atoms with Crippen molar-refractivity contribution in [3.63, 3.8) is 0 Å². The van der Waals surface area contributed by atoms with Crippen LogP contribution in [0.5, 0.6) is 5.75 Å². The highest BCUT2D eigenvalue weighted by Gasteiger charge is 2.38. The predicted molar refractivity (Wildman–Crippen MR) is 110 cm³/mol. The quantitative estimate of drug-likeness (QED) is 0.554. The van der Waals surface area contributed by atoms with Crippen LogP contribution in [0.3, 0.4) is 0 Å². The molecule has 5 nitrogen and oxygen atoms in total. The molecule has 1 aliphatic rings. The molecular formula is C21H18BrN3O2. The number of aromatic nitrogens is 2. The Morgan fingerprint density at radius 1 is 1.15 bits per heavy atom. The summed E-state index contributed by atoms with van der Waals surface area (Å²) >= 11 is 3.06. The van der Waals surface area contributed by atoms with Crippen molar-refractivity contribution in [1.82, 2.24) is 10.2 Å². The van der Waals surface area contributed by atoms with Crippen molar-refractivity contribution >= 4 is 32.5 Å². The molecular weight excluding hydrogens is 406 g/mol. The van der Waals surface area contributed by atoms with Crippen LogP contribution in [-0.2, 0) is 0 Å². The summed E-state index contributed by atoms with van der Waals surface area (Å²) in [4.78, 5) is 2.64. The topological polar surface area (TPSA) is 78.3 Å². The van der Waals surface area contributed by atoms with Crippen molar-refractivity contribution in [3.8, 4) is 27.8 Å². The molecule has 0 atom stereocenters. The molecule has 1 heterocycles. The number of hydrogen-bond donors (Lipinski definition) is 3. The van der Waals surface area contributed by atoms with Crippen LogP contribution in [0.25, 0.3) is 22.0 Å². The largest absolute Gasteiger partial charge is 0.507 e. The summed E-state index contributed by atoms with van der Waals surface area (Å²) in [6.07, 6.45) is 1.36. The second-order valence-electron chi connectivity index (χ2n) is 7.14. The third kappa shape index (κ3) is 3.48. The van der Waals surface area contributed by atoms with Crippen LogP contribution in [-0.4, -0.2) is 32.1 Å². The molecule has 27 heavy (non-hydrogen) atoms. The first-order valence-corrected chi connectivity index (χ1v) is 9.45. The lowest BCUT2D eigenvalue weighted by atomic mass is 9.77. The molecule has 6 heteroatoms. The second-order valence-corrected chi connectivity index (χ2v) is 7.54. The Morgan fingerprint density at radius 2 is 1.89 bits per heavy atom. The summed E-state index contributed by atoms with van der Waals surface area (Å²) in [5.41, 5.74) is 1.33. The lowest BCUT2D eigenvalue weighted by molar-refractivity contribution is -0.0235. The Bertz CT molecular complexity index is 1080. The van der Waals surface area contributed by atoms with E-state index in [4.69, 9.17) is 0 Å². The number of halogens is 1. The molecule has 3 N–H and O–H groups in total. The highest BCUT2D eigenvalue weighted by atomic mass is 79.9. The summed E-state index contributed by atoms with van der Waals surface area (Å²) in [7, 11) is 0. The van der Waals surface area contributed by atoms with Gasteiger partial charge in [-0.3, -0.25) is 0 Å². The molecule has 2 aromatic carbocycles. The molecule has 136 valence electrons. The summed E-state index contributed by atoms with van der Waals surface area (Å²) in [6, 6.07) is 13.3. The van der Waals surface area contributed by atoms with Crippen molar-refractivity contribution < 1.29 is 10.2 Å². The van der Waals surface area contributed by atoms with E-state index >= 15 is 0 Å². The Kier molecular flexibility index (Phi) is 4.50. The standard InChI is InChI=1S/C21H18BrN3O2/c1-21(27)11-14(12-21)23-20-16-5-3-2-4-15(16)19(24-25-20)17-7-6-13(8-9-22)10-18(17)26/h2-7,10,14,26-27H,11-12H2,1H3,(H,23,25). The van der Waals surface area contributed by atoms with Gasteiger partial charge >= 0.3 is 0 Å². The van der Waals surface area contributed by atoms with Crippen LogP contribution in [0.4, 0.5) is 5.82 Å². The molecule has 0 amide bonds. The minimum Gasteiger partial charge on any atom is -0.507 e. The van der Waals surface area contributed by atoms with Crippen molar-refractivity contribution in [2.45, 2.75) is 31.4 Å². The summed E-state index contributed by atoms with van der Waals surface area (Å²) < 4.78 is 0. The molecule has 0 bridgehead atoms. The first-order valence-electron chi connectivity index (χ1n) is 8.66. The number of fused-ring (bicyclic) bond motifs is 1. The second kappa shape index (κ2) is 6.84. The van der Waals surface area contributed by atoms with Gasteiger partial charge < -0.3 is 15.5 Å². The molecule has 1 aliphatic carbocycles. The third-order valence-corrected chi connectivity index (χ3v) is 5.04. The molecule has 1 fully saturated rings. The highest BCUT2D eigenvalue weighted by molar-refractivity contribution is 9.12. The average Bonchev–Trinajstić information content (AvgIpc) is 2.61. The SMILES string of the molecule is CC1(O)CC(Nc2nnc(-c3ccc(C#CBr)cc3O)c3ccccc23)C1. The zero-order chi connectivity index (χ0) is 19.0. The molecule has 0 radical (unpaired) electrons. The van der Waals surface area contributed by atoms with E-state index in [1.54, 1.807) is 12.1 Å². The normalized spacial score (nSPS) is 21.2. The van der Waals surface area contributed by atoms with E-state index in [2.05, 4.69) is 42.2 Å². The molecule has 0 saturated heterocycles. The van der Waals surface area contributed by atoms with Crippen molar-refractivity contribution in [2.75, 3.05) is 5.32 Å². The third-order valence-electron chi connectivity index (χ3n) is 4.84. The van der Waals surface area contributed by atoms with Gasteiger partial charge in [-0.15, -0.1) is 10.2 Å². The fraction of sp³-hybridized carbons (Fsp3) is 0.238. The van der Waals surface area contributed by atoms with E-state index in [0.29, 0.717) is 35.5 Å². The zero-order valence-corrected chi connectivity index (χ0v) is 16.3.